The van der Waals surface area contributed by atoms with E-state index in [1.165, 1.54) is 5.56 Å². The standard InChI is InChI=1S/C10H13BrO2/c1-7-3-4-9(5-10(7)11)13-6-8(2)12/h3-5,8,12H,6H2,1-2H3/t8-/m0/s1. The summed E-state index contributed by atoms with van der Waals surface area (Å²) in [7, 11) is 0. The van der Waals surface area contributed by atoms with E-state index in [4.69, 9.17) is 9.84 Å². The van der Waals surface area contributed by atoms with Gasteiger partial charge < -0.3 is 9.84 Å². The Kier molecular flexibility index (Phi) is 3.75. The predicted octanol–water partition coefficient (Wildman–Crippen LogP) is 2.52. The summed E-state index contributed by atoms with van der Waals surface area (Å²) in [6.45, 7) is 4.04. The number of hydrogen-bond donors (Lipinski definition) is 1. The number of aliphatic hydroxyl groups excluding tert-OH is 1. The van der Waals surface area contributed by atoms with Crippen LogP contribution in [0, 0.1) is 6.92 Å². The number of ether oxygens (including phenoxy) is 1. The van der Waals surface area contributed by atoms with Crippen LogP contribution in [0.25, 0.3) is 0 Å². The molecule has 1 atom stereocenters. The first-order valence-corrected chi connectivity index (χ1v) is 4.96. The maximum Gasteiger partial charge on any atom is 0.120 e. The van der Waals surface area contributed by atoms with Crippen molar-refractivity contribution >= 4 is 15.9 Å². The van der Waals surface area contributed by atoms with Gasteiger partial charge in [0.1, 0.15) is 12.4 Å². The van der Waals surface area contributed by atoms with Gasteiger partial charge in [0.15, 0.2) is 0 Å². The van der Waals surface area contributed by atoms with Crippen LogP contribution in [0.15, 0.2) is 22.7 Å². The Morgan fingerprint density at radius 1 is 1.54 bits per heavy atom. The topological polar surface area (TPSA) is 29.5 Å². The zero-order valence-corrected chi connectivity index (χ0v) is 9.34. The van der Waals surface area contributed by atoms with Gasteiger partial charge in [-0.15, -0.1) is 0 Å². The smallest absolute Gasteiger partial charge is 0.120 e. The van der Waals surface area contributed by atoms with Crippen molar-refractivity contribution in [3.63, 3.8) is 0 Å². The third-order valence-corrected chi connectivity index (χ3v) is 2.49. The Bertz CT molecular complexity index is 284. The second-order valence-corrected chi connectivity index (χ2v) is 3.93. The van der Waals surface area contributed by atoms with Crippen molar-refractivity contribution in [2.75, 3.05) is 6.61 Å². The van der Waals surface area contributed by atoms with Crippen molar-refractivity contribution in [1.82, 2.24) is 0 Å². The van der Waals surface area contributed by atoms with Gasteiger partial charge in [-0.1, -0.05) is 22.0 Å². The molecule has 0 heterocycles. The molecular weight excluding hydrogens is 232 g/mol. The molecule has 0 fully saturated rings. The number of aryl methyl sites for hydroxylation is 1. The zero-order valence-electron chi connectivity index (χ0n) is 7.75. The van der Waals surface area contributed by atoms with Gasteiger partial charge in [-0.3, -0.25) is 0 Å². The van der Waals surface area contributed by atoms with Crippen molar-refractivity contribution in [2.24, 2.45) is 0 Å². The van der Waals surface area contributed by atoms with Gasteiger partial charge in [-0.05, 0) is 31.5 Å². The number of rotatable bonds is 3. The lowest BCUT2D eigenvalue weighted by Gasteiger charge is -2.08. The fraction of sp³-hybridized carbons (Fsp3) is 0.400. The Morgan fingerprint density at radius 3 is 2.77 bits per heavy atom. The van der Waals surface area contributed by atoms with Crippen molar-refractivity contribution in [2.45, 2.75) is 20.0 Å². The van der Waals surface area contributed by atoms with Gasteiger partial charge >= 0.3 is 0 Å². The molecule has 1 aromatic carbocycles. The Morgan fingerprint density at radius 2 is 2.23 bits per heavy atom. The van der Waals surface area contributed by atoms with E-state index < -0.39 is 6.10 Å². The fourth-order valence-electron chi connectivity index (χ4n) is 0.880. The third kappa shape index (κ3) is 3.36. The summed E-state index contributed by atoms with van der Waals surface area (Å²) < 4.78 is 6.35. The Hall–Kier alpha value is -0.540. The molecule has 0 saturated carbocycles. The van der Waals surface area contributed by atoms with Crippen LogP contribution < -0.4 is 4.74 Å². The van der Waals surface area contributed by atoms with Gasteiger partial charge in [-0.2, -0.15) is 0 Å². The molecule has 1 aromatic rings. The number of benzene rings is 1. The van der Waals surface area contributed by atoms with Crippen molar-refractivity contribution < 1.29 is 9.84 Å². The van der Waals surface area contributed by atoms with E-state index in [0.29, 0.717) is 6.61 Å². The first-order valence-electron chi connectivity index (χ1n) is 4.16. The SMILES string of the molecule is Cc1ccc(OC[C@H](C)O)cc1Br. The summed E-state index contributed by atoms with van der Waals surface area (Å²) in [5.74, 6) is 0.776. The van der Waals surface area contributed by atoms with Crippen LogP contribution in [-0.4, -0.2) is 17.8 Å². The summed E-state index contributed by atoms with van der Waals surface area (Å²) in [4.78, 5) is 0. The average molecular weight is 245 g/mol. The third-order valence-electron chi connectivity index (χ3n) is 1.63. The van der Waals surface area contributed by atoms with Crippen molar-refractivity contribution in [3.05, 3.63) is 28.2 Å². The highest BCUT2D eigenvalue weighted by Crippen LogP contribution is 2.22. The molecule has 0 radical (unpaired) electrons. The molecule has 0 spiro atoms. The minimum Gasteiger partial charge on any atom is -0.491 e. The molecule has 0 amide bonds. The molecule has 0 aromatic heterocycles. The van der Waals surface area contributed by atoms with Gasteiger partial charge in [0.25, 0.3) is 0 Å². The monoisotopic (exact) mass is 244 g/mol. The lowest BCUT2D eigenvalue weighted by Crippen LogP contribution is -2.12. The summed E-state index contributed by atoms with van der Waals surface area (Å²) in [6.07, 6.45) is -0.430. The van der Waals surface area contributed by atoms with Gasteiger partial charge in [0, 0.05) is 4.47 Å². The Balaban J connectivity index is 2.63. The van der Waals surface area contributed by atoms with Gasteiger partial charge in [-0.25, -0.2) is 0 Å². The van der Waals surface area contributed by atoms with E-state index in [1.807, 2.05) is 25.1 Å². The fourth-order valence-corrected chi connectivity index (χ4v) is 1.24. The molecule has 1 N–H and O–H groups in total. The lowest BCUT2D eigenvalue weighted by atomic mass is 10.2. The van der Waals surface area contributed by atoms with E-state index >= 15 is 0 Å². The molecular formula is C10H13BrO2. The number of halogens is 1. The highest BCUT2D eigenvalue weighted by atomic mass is 79.9. The van der Waals surface area contributed by atoms with Crippen molar-refractivity contribution in [1.29, 1.82) is 0 Å². The second kappa shape index (κ2) is 4.63. The highest BCUT2D eigenvalue weighted by molar-refractivity contribution is 9.10. The molecule has 0 aliphatic rings. The van der Waals surface area contributed by atoms with Crippen LogP contribution in [0.4, 0.5) is 0 Å². The molecule has 0 aliphatic heterocycles. The molecule has 1 rings (SSSR count). The minimum absolute atomic E-state index is 0.329. The molecule has 72 valence electrons. The van der Waals surface area contributed by atoms with Crippen LogP contribution in [0.1, 0.15) is 12.5 Å². The number of aliphatic hydroxyl groups is 1. The van der Waals surface area contributed by atoms with Crippen LogP contribution >= 0.6 is 15.9 Å². The predicted molar refractivity (Wildman–Crippen MR) is 56.1 cm³/mol. The van der Waals surface area contributed by atoms with Crippen LogP contribution in [-0.2, 0) is 0 Å². The molecule has 0 unspecified atom stereocenters. The molecule has 3 heteroatoms. The largest absolute Gasteiger partial charge is 0.491 e. The average Bonchev–Trinajstić information content (AvgIpc) is 2.07. The zero-order chi connectivity index (χ0) is 9.84. The summed E-state index contributed by atoms with van der Waals surface area (Å²) in [6, 6.07) is 5.77. The molecule has 0 bridgehead atoms. The van der Waals surface area contributed by atoms with Crippen LogP contribution in [0.5, 0.6) is 5.75 Å². The molecule has 13 heavy (non-hydrogen) atoms. The maximum absolute atomic E-state index is 9.00. The Labute approximate surface area is 86.7 Å². The van der Waals surface area contributed by atoms with E-state index in [9.17, 15) is 0 Å². The van der Waals surface area contributed by atoms with Crippen LogP contribution in [0.3, 0.4) is 0 Å². The van der Waals surface area contributed by atoms with E-state index in [1.54, 1.807) is 6.92 Å². The lowest BCUT2D eigenvalue weighted by molar-refractivity contribution is 0.122. The number of hydrogen-bond acceptors (Lipinski definition) is 2. The van der Waals surface area contributed by atoms with Gasteiger partial charge in [0.05, 0.1) is 6.10 Å². The summed E-state index contributed by atoms with van der Waals surface area (Å²) in [5.41, 5.74) is 1.17. The highest BCUT2D eigenvalue weighted by Gasteiger charge is 2.00. The minimum atomic E-state index is -0.430. The van der Waals surface area contributed by atoms with Crippen LogP contribution in [0.2, 0.25) is 0 Å². The molecule has 0 saturated heterocycles. The summed E-state index contributed by atoms with van der Waals surface area (Å²) >= 11 is 3.41. The van der Waals surface area contributed by atoms with E-state index in [-0.39, 0.29) is 0 Å². The molecule has 2 nitrogen and oxygen atoms in total. The second-order valence-electron chi connectivity index (χ2n) is 3.07. The molecule has 0 aliphatic carbocycles. The normalized spacial score (nSPS) is 12.6. The van der Waals surface area contributed by atoms with Gasteiger partial charge in [0.2, 0.25) is 0 Å². The first-order chi connectivity index (χ1) is 6.09. The van der Waals surface area contributed by atoms with E-state index in [0.717, 1.165) is 10.2 Å². The maximum atomic E-state index is 9.00. The van der Waals surface area contributed by atoms with Crippen molar-refractivity contribution in [3.8, 4) is 5.75 Å². The van der Waals surface area contributed by atoms with E-state index in [2.05, 4.69) is 15.9 Å². The summed E-state index contributed by atoms with van der Waals surface area (Å²) in [5, 5.41) is 9.00. The quantitative estimate of drug-likeness (QED) is 0.886. The first kappa shape index (κ1) is 10.5.